The summed E-state index contributed by atoms with van der Waals surface area (Å²) in [7, 11) is 1.19. The SMILES string of the molecule is BOC(=O)[C@@H](CC(C)=O)C(C)=O. The van der Waals surface area contributed by atoms with E-state index in [0.717, 1.165) is 0 Å². The van der Waals surface area contributed by atoms with Crippen molar-refractivity contribution < 1.29 is 19.0 Å². The minimum Gasteiger partial charge on any atom is -0.543 e. The lowest BCUT2D eigenvalue weighted by molar-refractivity contribution is -0.145. The summed E-state index contributed by atoms with van der Waals surface area (Å²) in [4.78, 5) is 32.3. The lowest BCUT2D eigenvalue weighted by Crippen LogP contribution is -2.25. The summed E-state index contributed by atoms with van der Waals surface area (Å²) in [5, 5.41) is 0. The first-order chi connectivity index (χ1) is 5.49. The van der Waals surface area contributed by atoms with Gasteiger partial charge in [0, 0.05) is 6.42 Å². The molecular formula is C7H11BO4. The minimum absolute atomic E-state index is 0.0675. The van der Waals surface area contributed by atoms with Crippen molar-refractivity contribution in [2.45, 2.75) is 20.3 Å². The van der Waals surface area contributed by atoms with Gasteiger partial charge in [-0.05, 0) is 13.8 Å². The summed E-state index contributed by atoms with van der Waals surface area (Å²) >= 11 is 0. The largest absolute Gasteiger partial charge is 0.543 e. The second-order valence-electron chi connectivity index (χ2n) is 2.59. The summed E-state index contributed by atoms with van der Waals surface area (Å²) in [6, 6.07) is 0. The molecule has 1 atom stereocenters. The molecule has 0 saturated heterocycles. The van der Waals surface area contributed by atoms with Crippen molar-refractivity contribution in [2.75, 3.05) is 0 Å². The molecule has 0 aliphatic carbocycles. The van der Waals surface area contributed by atoms with Gasteiger partial charge in [0.25, 0.3) is 5.97 Å². The molecule has 0 saturated carbocycles. The number of hydrogen-bond acceptors (Lipinski definition) is 4. The highest BCUT2D eigenvalue weighted by Gasteiger charge is 2.24. The second kappa shape index (κ2) is 4.69. The summed E-state index contributed by atoms with van der Waals surface area (Å²) in [6.45, 7) is 2.60. The summed E-state index contributed by atoms with van der Waals surface area (Å²) < 4.78 is 4.36. The molecule has 4 nitrogen and oxygen atoms in total. The average Bonchev–Trinajstić information content (AvgIpc) is 1.98. The van der Waals surface area contributed by atoms with Gasteiger partial charge in [-0.15, -0.1) is 0 Å². The van der Waals surface area contributed by atoms with E-state index in [4.69, 9.17) is 0 Å². The van der Waals surface area contributed by atoms with E-state index in [-0.39, 0.29) is 18.0 Å². The van der Waals surface area contributed by atoms with Gasteiger partial charge in [0.15, 0.2) is 0 Å². The third kappa shape index (κ3) is 3.32. The molecule has 0 aliphatic heterocycles. The fraction of sp³-hybridized carbons (Fsp3) is 0.571. The molecule has 0 rings (SSSR count). The number of carbonyl (C=O) groups is 3. The van der Waals surface area contributed by atoms with Crippen molar-refractivity contribution in [3.63, 3.8) is 0 Å². The van der Waals surface area contributed by atoms with Crippen LogP contribution in [0.15, 0.2) is 0 Å². The Morgan fingerprint density at radius 1 is 1.33 bits per heavy atom. The molecular weight excluding hydrogens is 159 g/mol. The van der Waals surface area contributed by atoms with Gasteiger partial charge in [-0.3, -0.25) is 14.4 Å². The molecule has 0 N–H and O–H groups in total. The fourth-order valence-electron chi connectivity index (χ4n) is 0.823. The fourth-order valence-corrected chi connectivity index (χ4v) is 0.823. The van der Waals surface area contributed by atoms with E-state index in [2.05, 4.69) is 4.65 Å². The summed E-state index contributed by atoms with van der Waals surface area (Å²) in [5.74, 6) is -2.09. The third-order valence-electron chi connectivity index (χ3n) is 1.47. The molecule has 0 bridgehead atoms. The van der Waals surface area contributed by atoms with Gasteiger partial charge in [-0.25, -0.2) is 0 Å². The van der Waals surface area contributed by atoms with Crippen LogP contribution in [0.25, 0.3) is 0 Å². The van der Waals surface area contributed by atoms with Crippen molar-refractivity contribution in [1.82, 2.24) is 0 Å². The molecule has 12 heavy (non-hydrogen) atoms. The maximum atomic E-state index is 10.9. The van der Waals surface area contributed by atoms with E-state index in [9.17, 15) is 14.4 Å². The van der Waals surface area contributed by atoms with Gasteiger partial charge in [-0.2, -0.15) is 0 Å². The molecule has 0 aliphatic rings. The Morgan fingerprint density at radius 2 is 1.83 bits per heavy atom. The number of ketones is 2. The van der Waals surface area contributed by atoms with Crippen molar-refractivity contribution in [1.29, 1.82) is 0 Å². The maximum Gasteiger partial charge on any atom is 0.325 e. The van der Waals surface area contributed by atoms with E-state index in [1.165, 1.54) is 21.9 Å². The average molecular weight is 170 g/mol. The van der Waals surface area contributed by atoms with Crippen molar-refractivity contribution in [3.05, 3.63) is 0 Å². The monoisotopic (exact) mass is 170 g/mol. The van der Waals surface area contributed by atoms with Crippen LogP contribution in [0.5, 0.6) is 0 Å². The zero-order chi connectivity index (χ0) is 9.72. The van der Waals surface area contributed by atoms with Gasteiger partial charge in [0.1, 0.15) is 17.5 Å². The van der Waals surface area contributed by atoms with Crippen LogP contribution in [0.3, 0.4) is 0 Å². The molecule has 0 aromatic heterocycles. The predicted octanol–water partition coefficient (Wildman–Crippen LogP) is -0.738. The minimum atomic E-state index is -0.924. The lowest BCUT2D eigenvalue weighted by atomic mass is 9.99. The Balaban J connectivity index is 4.33. The Hall–Kier alpha value is -1.13. The maximum absolute atomic E-state index is 10.9. The number of Topliss-reactive ketones (excluding diaryl/α,β-unsaturated/α-hetero) is 2. The summed E-state index contributed by atoms with van der Waals surface area (Å²) in [5.41, 5.74) is 0. The molecule has 0 aromatic rings. The van der Waals surface area contributed by atoms with Crippen LogP contribution in [-0.2, 0) is 19.0 Å². The lowest BCUT2D eigenvalue weighted by Gasteiger charge is -2.08. The first kappa shape index (κ1) is 10.9. The molecule has 0 radical (unpaired) electrons. The molecule has 0 spiro atoms. The van der Waals surface area contributed by atoms with E-state index >= 15 is 0 Å². The van der Waals surface area contributed by atoms with Gasteiger partial charge >= 0.3 is 8.05 Å². The molecule has 0 aromatic carbocycles. The Labute approximate surface area is 71.7 Å². The third-order valence-corrected chi connectivity index (χ3v) is 1.47. The number of hydrogen-bond donors (Lipinski definition) is 0. The zero-order valence-electron chi connectivity index (χ0n) is 7.42. The molecule has 0 unspecified atom stereocenters. The van der Waals surface area contributed by atoms with Gasteiger partial charge in [0.2, 0.25) is 0 Å². The Kier molecular flexibility index (Phi) is 4.25. The van der Waals surface area contributed by atoms with Gasteiger partial charge < -0.3 is 4.65 Å². The molecule has 66 valence electrons. The Morgan fingerprint density at radius 3 is 2.08 bits per heavy atom. The highest BCUT2D eigenvalue weighted by atomic mass is 16.5. The Bertz CT molecular complexity index is 211. The first-order valence-corrected chi connectivity index (χ1v) is 3.56. The van der Waals surface area contributed by atoms with Gasteiger partial charge in [0.05, 0.1) is 0 Å². The van der Waals surface area contributed by atoms with Crippen LogP contribution in [-0.4, -0.2) is 25.6 Å². The molecule has 5 heteroatoms. The van der Waals surface area contributed by atoms with Crippen molar-refractivity contribution >= 4 is 25.6 Å². The predicted molar refractivity (Wildman–Crippen MR) is 44.1 cm³/mol. The normalized spacial score (nSPS) is 11.8. The quantitative estimate of drug-likeness (QED) is 0.411. The highest BCUT2D eigenvalue weighted by Crippen LogP contribution is 2.07. The number of rotatable bonds is 4. The van der Waals surface area contributed by atoms with Crippen molar-refractivity contribution in [3.8, 4) is 0 Å². The van der Waals surface area contributed by atoms with Crippen LogP contribution in [0.2, 0.25) is 0 Å². The molecule has 0 amide bonds. The van der Waals surface area contributed by atoms with E-state index in [0.29, 0.717) is 0 Å². The first-order valence-electron chi connectivity index (χ1n) is 3.56. The van der Waals surface area contributed by atoms with Crippen LogP contribution < -0.4 is 0 Å². The van der Waals surface area contributed by atoms with E-state index in [1.54, 1.807) is 0 Å². The number of carbonyl (C=O) groups excluding carboxylic acids is 3. The standard InChI is InChI=1S/C7H11BO4/c1-4(9)3-6(5(2)10)7(11)12-8/h6H,3,8H2,1-2H3/t6-/m0/s1. The summed E-state index contributed by atoms with van der Waals surface area (Å²) in [6.07, 6.45) is -0.0675. The van der Waals surface area contributed by atoms with Crippen LogP contribution in [0.4, 0.5) is 0 Å². The van der Waals surface area contributed by atoms with E-state index < -0.39 is 11.9 Å². The molecule has 0 fully saturated rings. The highest BCUT2D eigenvalue weighted by molar-refractivity contribution is 6.10. The molecule has 0 heterocycles. The zero-order valence-corrected chi connectivity index (χ0v) is 7.42. The van der Waals surface area contributed by atoms with Crippen LogP contribution in [0, 0.1) is 5.92 Å². The smallest absolute Gasteiger partial charge is 0.325 e. The van der Waals surface area contributed by atoms with E-state index in [1.807, 2.05) is 0 Å². The van der Waals surface area contributed by atoms with Crippen LogP contribution >= 0.6 is 0 Å². The van der Waals surface area contributed by atoms with Crippen LogP contribution in [0.1, 0.15) is 20.3 Å². The second-order valence-corrected chi connectivity index (χ2v) is 2.59. The topological polar surface area (TPSA) is 60.4 Å². The van der Waals surface area contributed by atoms with Gasteiger partial charge in [-0.1, -0.05) is 0 Å². The van der Waals surface area contributed by atoms with Crippen molar-refractivity contribution in [2.24, 2.45) is 5.92 Å².